The van der Waals surface area contributed by atoms with Crippen LogP contribution in [0.5, 0.6) is 0 Å². The Morgan fingerprint density at radius 2 is 1.77 bits per heavy atom. The molecule has 0 aliphatic heterocycles. The van der Waals surface area contributed by atoms with E-state index in [-0.39, 0.29) is 18.0 Å². The molecule has 0 radical (unpaired) electrons. The molecule has 0 spiro atoms. The number of benzene rings is 2. The van der Waals surface area contributed by atoms with E-state index < -0.39 is 0 Å². The summed E-state index contributed by atoms with van der Waals surface area (Å²) in [6.45, 7) is 3.59. The van der Waals surface area contributed by atoms with Gasteiger partial charge < -0.3 is 10.1 Å². The molecule has 0 aliphatic rings. The number of nitrogens with zero attached hydrogens (tertiary/aromatic N) is 1. The van der Waals surface area contributed by atoms with E-state index in [9.17, 15) is 9.59 Å². The molecule has 1 N–H and O–H groups in total. The summed E-state index contributed by atoms with van der Waals surface area (Å²) in [6, 6.07) is 16.0. The second kappa shape index (κ2) is 9.64. The monoisotopic (exact) mass is 368 g/mol. The van der Waals surface area contributed by atoms with Gasteiger partial charge in [-0.2, -0.15) is 5.26 Å². The molecular weight excluding hydrogens is 348 g/mol. The Hall–Kier alpha value is -2.78. The van der Waals surface area contributed by atoms with Crippen molar-refractivity contribution in [1.29, 1.82) is 5.26 Å². The van der Waals surface area contributed by atoms with E-state index >= 15 is 0 Å². The number of amides is 1. The van der Waals surface area contributed by atoms with E-state index in [0.717, 1.165) is 5.56 Å². The van der Waals surface area contributed by atoms with Gasteiger partial charge in [-0.15, -0.1) is 11.8 Å². The van der Waals surface area contributed by atoms with Gasteiger partial charge in [0.1, 0.15) is 0 Å². The largest absolute Gasteiger partial charge is 0.459 e. The summed E-state index contributed by atoms with van der Waals surface area (Å²) in [4.78, 5) is 23.8. The number of nitriles is 1. The zero-order valence-corrected chi connectivity index (χ0v) is 15.5. The smallest absolute Gasteiger partial charge is 0.338 e. The molecule has 0 aliphatic carbocycles. The van der Waals surface area contributed by atoms with Gasteiger partial charge in [0.25, 0.3) is 0 Å². The number of ether oxygens (including phenoxy) is 1. The summed E-state index contributed by atoms with van der Waals surface area (Å²) in [5, 5.41) is 11.6. The van der Waals surface area contributed by atoms with Crippen molar-refractivity contribution in [3.63, 3.8) is 0 Å². The Morgan fingerprint density at radius 1 is 1.12 bits per heavy atom. The van der Waals surface area contributed by atoms with Crippen molar-refractivity contribution in [3.8, 4) is 6.07 Å². The zero-order valence-electron chi connectivity index (χ0n) is 14.7. The SMILES string of the molecule is CC(C)OC(=O)c1ccc(NC(=O)CSCc2ccc(C#N)cc2)cc1. The van der Waals surface area contributed by atoms with Crippen LogP contribution in [0.2, 0.25) is 0 Å². The van der Waals surface area contributed by atoms with Crippen LogP contribution < -0.4 is 5.32 Å². The highest BCUT2D eigenvalue weighted by atomic mass is 32.2. The topological polar surface area (TPSA) is 79.2 Å². The highest BCUT2D eigenvalue weighted by Crippen LogP contribution is 2.15. The Bertz CT molecular complexity index is 793. The Kier molecular flexibility index (Phi) is 7.24. The maximum absolute atomic E-state index is 12.0. The van der Waals surface area contributed by atoms with Crippen molar-refractivity contribution < 1.29 is 14.3 Å². The third-order valence-electron chi connectivity index (χ3n) is 3.33. The van der Waals surface area contributed by atoms with Gasteiger partial charge in [0, 0.05) is 11.4 Å². The number of hydrogen-bond acceptors (Lipinski definition) is 5. The molecule has 2 aromatic rings. The number of carbonyl (C=O) groups excluding carboxylic acids is 2. The highest BCUT2D eigenvalue weighted by molar-refractivity contribution is 7.99. The van der Waals surface area contributed by atoms with Crippen LogP contribution in [0.3, 0.4) is 0 Å². The molecule has 0 saturated heterocycles. The first-order valence-corrected chi connectivity index (χ1v) is 9.31. The molecule has 0 bridgehead atoms. The van der Waals surface area contributed by atoms with Gasteiger partial charge >= 0.3 is 5.97 Å². The lowest BCUT2D eigenvalue weighted by Crippen LogP contribution is -2.15. The number of carbonyl (C=O) groups is 2. The minimum Gasteiger partial charge on any atom is -0.459 e. The Balaban J connectivity index is 1.78. The summed E-state index contributed by atoms with van der Waals surface area (Å²) >= 11 is 1.49. The van der Waals surface area contributed by atoms with Crippen LogP contribution in [-0.4, -0.2) is 23.7 Å². The zero-order chi connectivity index (χ0) is 18.9. The predicted octanol–water partition coefficient (Wildman–Crippen LogP) is 4.00. The van der Waals surface area contributed by atoms with Crippen molar-refractivity contribution in [2.45, 2.75) is 25.7 Å². The number of hydrogen-bond donors (Lipinski definition) is 1. The fourth-order valence-corrected chi connectivity index (χ4v) is 2.89. The van der Waals surface area contributed by atoms with E-state index in [4.69, 9.17) is 10.00 Å². The fraction of sp³-hybridized carbons (Fsp3) is 0.250. The fourth-order valence-electron chi connectivity index (χ4n) is 2.11. The minimum absolute atomic E-state index is 0.110. The number of esters is 1. The maximum Gasteiger partial charge on any atom is 0.338 e. The molecular formula is C20H20N2O3S. The van der Waals surface area contributed by atoms with Crippen LogP contribution in [-0.2, 0) is 15.3 Å². The van der Waals surface area contributed by atoms with Crippen molar-refractivity contribution in [2.24, 2.45) is 0 Å². The van der Waals surface area contributed by atoms with Crippen LogP contribution >= 0.6 is 11.8 Å². The van der Waals surface area contributed by atoms with Crippen LogP contribution in [0.15, 0.2) is 48.5 Å². The van der Waals surface area contributed by atoms with Crippen LogP contribution in [0.1, 0.15) is 35.3 Å². The quantitative estimate of drug-likeness (QED) is 0.748. The predicted molar refractivity (Wildman–Crippen MR) is 103 cm³/mol. The first-order valence-electron chi connectivity index (χ1n) is 8.15. The second-order valence-corrected chi connectivity index (χ2v) is 6.87. The summed E-state index contributed by atoms with van der Waals surface area (Å²) in [7, 11) is 0. The normalized spacial score (nSPS) is 10.2. The molecule has 6 heteroatoms. The summed E-state index contributed by atoms with van der Waals surface area (Å²) < 4.78 is 5.12. The molecule has 0 aromatic heterocycles. The van der Waals surface area contributed by atoms with E-state index in [1.165, 1.54) is 11.8 Å². The molecule has 5 nitrogen and oxygen atoms in total. The number of nitrogens with one attached hydrogen (secondary N) is 1. The van der Waals surface area contributed by atoms with Gasteiger partial charge in [-0.1, -0.05) is 12.1 Å². The highest BCUT2D eigenvalue weighted by Gasteiger charge is 2.09. The average Bonchev–Trinajstić information content (AvgIpc) is 2.62. The van der Waals surface area contributed by atoms with Crippen LogP contribution in [0.4, 0.5) is 5.69 Å². The summed E-state index contributed by atoms with van der Waals surface area (Å²) in [5.74, 6) is 0.521. The van der Waals surface area contributed by atoms with E-state index in [2.05, 4.69) is 11.4 Å². The van der Waals surface area contributed by atoms with Gasteiger partial charge in [0.2, 0.25) is 5.91 Å². The second-order valence-electron chi connectivity index (χ2n) is 5.88. The number of anilines is 1. The van der Waals surface area contributed by atoms with Gasteiger partial charge in [-0.05, 0) is 55.8 Å². The average molecular weight is 368 g/mol. The maximum atomic E-state index is 12.0. The van der Waals surface area contributed by atoms with Gasteiger partial charge in [-0.3, -0.25) is 4.79 Å². The molecule has 1 amide bonds. The minimum atomic E-state index is -0.379. The van der Waals surface area contributed by atoms with Gasteiger partial charge in [-0.25, -0.2) is 4.79 Å². The molecule has 26 heavy (non-hydrogen) atoms. The molecule has 0 atom stereocenters. The summed E-state index contributed by atoms with van der Waals surface area (Å²) in [5.41, 5.74) is 2.77. The van der Waals surface area contributed by atoms with E-state index in [1.807, 2.05) is 12.1 Å². The number of rotatable bonds is 7. The Morgan fingerprint density at radius 3 is 2.35 bits per heavy atom. The van der Waals surface area contributed by atoms with Crippen molar-refractivity contribution >= 4 is 29.3 Å². The first kappa shape index (κ1) is 19.5. The lowest BCUT2D eigenvalue weighted by molar-refractivity contribution is -0.113. The van der Waals surface area contributed by atoms with Crippen LogP contribution in [0, 0.1) is 11.3 Å². The standard InChI is InChI=1S/C20H20N2O3S/c1-14(2)25-20(24)17-7-9-18(10-8-17)22-19(23)13-26-12-16-5-3-15(11-21)4-6-16/h3-10,14H,12-13H2,1-2H3,(H,22,23). The van der Waals surface area contributed by atoms with Crippen molar-refractivity contribution in [2.75, 3.05) is 11.1 Å². The molecule has 0 heterocycles. The van der Waals surface area contributed by atoms with Crippen LogP contribution in [0.25, 0.3) is 0 Å². The molecule has 134 valence electrons. The first-order chi connectivity index (χ1) is 12.5. The molecule has 0 fully saturated rings. The molecule has 0 saturated carbocycles. The lowest BCUT2D eigenvalue weighted by atomic mass is 10.2. The van der Waals surface area contributed by atoms with E-state index in [0.29, 0.717) is 28.3 Å². The molecule has 2 aromatic carbocycles. The molecule has 2 rings (SSSR count). The van der Waals surface area contributed by atoms with Crippen molar-refractivity contribution in [3.05, 3.63) is 65.2 Å². The van der Waals surface area contributed by atoms with Gasteiger partial charge in [0.05, 0.1) is 29.1 Å². The molecule has 0 unspecified atom stereocenters. The van der Waals surface area contributed by atoms with E-state index in [1.54, 1.807) is 50.2 Å². The third-order valence-corrected chi connectivity index (χ3v) is 4.34. The lowest BCUT2D eigenvalue weighted by Gasteiger charge is -2.09. The van der Waals surface area contributed by atoms with Gasteiger partial charge in [0.15, 0.2) is 0 Å². The third kappa shape index (κ3) is 6.26. The Labute approximate surface area is 157 Å². The number of thioether (sulfide) groups is 1. The summed E-state index contributed by atoms with van der Waals surface area (Å²) in [6.07, 6.45) is -0.171. The van der Waals surface area contributed by atoms with Crippen molar-refractivity contribution in [1.82, 2.24) is 0 Å².